The third-order valence-corrected chi connectivity index (χ3v) is 3.77. The zero-order valence-electron chi connectivity index (χ0n) is 13.1. The van der Waals surface area contributed by atoms with Crippen LogP contribution < -0.4 is 15.5 Å². The first kappa shape index (κ1) is 19.5. The van der Waals surface area contributed by atoms with Crippen LogP contribution in [0.15, 0.2) is 12.1 Å². The molecule has 2 N–H and O–H groups in total. The van der Waals surface area contributed by atoms with E-state index in [1.807, 2.05) is 5.01 Å². The molecule has 1 heterocycles. The van der Waals surface area contributed by atoms with Crippen molar-refractivity contribution in [2.75, 3.05) is 25.5 Å². The highest BCUT2D eigenvalue weighted by atomic mass is 35.5. The van der Waals surface area contributed by atoms with Crippen LogP contribution in [-0.4, -0.2) is 37.0 Å². The summed E-state index contributed by atoms with van der Waals surface area (Å²) in [6.45, 7) is 3.07. The molecule has 1 aliphatic heterocycles. The van der Waals surface area contributed by atoms with E-state index in [0.717, 1.165) is 25.9 Å². The Bertz CT molecular complexity index is 575. The number of hydrazine groups is 1. The number of benzene rings is 1. The smallest absolute Gasteiger partial charge is 0.269 e. The molecule has 1 aromatic carbocycles. The number of halogens is 2. The van der Waals surface area contributed by atoms with Crippen molar-refractivity contribution in [3.8, 4) is 5.75 Å². The molecule has 1 aromatic rings. The van der Waals surface area contributed by atoms with Crippen molar-refractivity contribution in [1.29, 1.82) is 0 Å². The van der Waals surface area contributed by atoms with Gasteiger partial charge in [0.25, 0.3) is 5.91 Å². The second-order valence-electron chi connectivity index (χ2n) is 5.20. The van der Waals surface area contributed by atoms with Crippen LogP contribution in [0.5, 0.6) is 5.75 Å². The van der Waals surface area contributed by atoms with Crippen LogP contribution in [0.25, 0.3) is 0 Å². The Balaban J connectivity index is 0.00000264. The van der Waals surface area contributed by atoms with Gasteiger partial charge in [0, 0.05) is 26.1 Å². The van der Waals surface area contributed by atoms with Gasteiger partial charge < -0.3 is 10.1 Å². The monoisotopic (exact) mass is 361 g/mol. The van der Waals surface area contributed by atoms with Crippen LogP contribution in [-0.2, 0) is 4.79 Å². The summed E-state index contributed by atoms with van der Waals surface area (Å²) in [7, 11) is 1.47. The summed E-state index contributed by atoms with van der Waals surface area (Å²) < 4.78 is 5.24. The molecule has 0 aromatic heterocycles. The molecule has 0 spiro atoms. The second kappa shape index (κ2) is 8.96. The highest BCUT2D eigenvalue weighted by molar-refractivity contribution is 6.34. The lowest BCUT2D eigenvalue weighted by molar-refractivity contribution is -0.114. The molecule has 8 heteroatoms. The largest absolute Gasteiger partial charge is 0.496 e. The summed E-state index contributed by atoms with van der Waals surface area (Å²) in [5.41, 5.74) is 3.62. The molecule has 0 unspecified atom stereocenters. The van der Waals surface area contributed by atoms with E-state index in [4.69, 9.17) is 16.3 Å². The molecule has 1 aliphatic rings. The number of hydrogen-bond acceptors (Lipinski definition) is 4. The Kier molecular flexibility index (Phi) is 7.61. The van der Waals surface area contributed by atoms with Crippen molar-refractivity contribution in [3.63, 3.8) is 0 Å². The van der Waals surface area contributed by atoms with E-state index < -0.39 is 0 Å². The fraction of sp³-hybridized carbons (Fsp3) is 0.467. The van der Waals surface area contributed by atoms with Crippen molar-refractivity contribution in [2.24, 2.45) is 0 Å². The first-order valence-corrected chi connectivity index (χ1v) is 7.60. The molecular weight excluding hydrogens is 341 g/mol. The number of carbonyl (C=O) groups excluding carboxylic acids is 2. The average molecular weight is 362 g/mol. The van der Waals surface area contributed by atoms with E-state index in [1.165, 1.54) is 26.5 Å². The summed E-state index contributed by atoms with van der Waals surface area (Å²) in [6.07, 6.45) is 3.33. The summed E-state index contributed by atoms with van der Waals surface area (Å²) in [6, 6.07) is 3.06. The maximum atomic E-state index is 12.4. The number of hydrogen-bond donors (Lipinski definition) is 2. The van der Waals surface area contributed by atoms with E-state index in [1.54, 1.807) is 6.07 Å². The van der Waals surface area contributed by atoms with Gasteiger partial charge in [-0.15, -0.1) is 12.4 Å². The molecule has 1 saturated heterocycles. The highest BCUT2D eigenvalue weighted by Gasteiger charge is 2.19. The summed E-state index contributed by atoms with van der Waals surface area (Å²) in [5.74, 6) is -0.146. The van der Waals surface area contributed by atoms with Gasteiger partial charge in [0.05, 0.1) is 23.4 Å². The minimum atomic E-state index is -0.268. The van der Waals surface area contributed by atoms with E-state index >= 15 is 0 Å². The van der Waals surface area contributed by atoms with E-state index in [-0.39, 0.29) is 24.2 Å². The van der Waals surface area contributed by atoms with Gasteiger partial charge in [-0.3, -0.25) is 15.0 Å². The number of anilines is 1. The van der Waals surface area contributed by atoms with Gasteiger partial charge in [0.15, 0.2) is 0 Å². The average Bonchev–Trinajstić information content (AvgIpc) is 2.49. The second-order valence-corrected chi connectivity index (χ2v) is 5.61. The lowest BCUT2D eigenvalue weighted by Gasteiger charge is -2.27. The zero-order valence-corrected chi connectivity index (χ0v) is 14.7. The Morgan fingerprint density at radius 3 is 2.43 bits per heavy atom. The van der Waals surface area contributed by atoms with Gasteiger partial charge in [-0.05, 0) is 18.9 Å². The third-order valence-electron chi connectivity index (χ3n) is 3.46. The normalized spacial score (nSPS) is 14.6. The minimum absolute atomic E-state index is 0. The van der Waals surface area contributed by atoms with Crippen LogP contribution in [0.2, 0.25) is 5.02 Å². The quantitative estimate of drug-likeness (QED) is 0.864. The van der Waals surface area contributed by atoms with Gasteiger partial charge in [0.1, 0.15) is 5.75 Å². The van der Waals surface area contributed by atoms with Crippen LogP contribution in [0.4, 0.5) is 5.69 Å². The third kappa shape index (κ3) is 5.27. The standard InChI is InChI=1S/C15H20ClN3O3.ClH/c1-10(20)17-13-9-14(22-2)11(8-12(13)16)15(21)18-19-6-4-3-5-7-19;/h8-9H,3-7H2,1-2H3,(H,17,20)(H,18,21);1H. The molecule has 128 valence electrons. The van der Waals surface area contributed by atoms with E-state index in [0.29, 0.717) is 22.0 Å². The summed E-state index contributed by atoms with van der Waals surface area (Å²) >= 11 is 6.13. The molecule has 23 heavy (non-hydrogen) atoms. The van der Waals surface area contributed by atoms with Crippen molar-refractivity contribution in [2.45, 2.75) is 26.2 Å². The topological polar surface area (TPSA) is 70.7 Å². The van der Waals surface area contributed by atoms with Gasteiger partial charge in [0.2, 0.25) is 5.91 Å². The molecule has 0 radical (unpaired) electrons. The number of nitrogens with one attached hydrogen (secondary N) is 2. The van der Waals surface area contributed by atoms with Crippen molar-refractivity contribution >= 4 is 41.5 Å². The number of rotatable bonds is 4. The maximum absolute atomic E-state index is 12.4. The van der Waals surface area contributed by atoms with Crippen molar-refractivity contribution < 1.29 is 14.3 Å². The number of methoxy groups -OCH3 is 1. The molecule has 6 nitrogen and oxygen atoms in total. The number of carbonyl (C=O) groups is 2. The Hall–Kier alpha value is -1.50. The van der Waals surface area contributed by atoms with Gasteiger partial charge in [-0.25, -0.2) is 5.01 Å². The molecule has 2 amide bonds. The molecule has 2 rings (SSSR count). The number of amides is 2. The zero-order chi connectivity index (χ0) is 16.1. The van der Waals surface area contributed by atoms with Crippen LogP contribution in [0.1, 0.15) is 36.5 Å². The molecular formula is C15H21Cl2N3O3. The molecule has 0 bridgehead atoms. The Morgan fingerprint density at radius 2 is 1.87 bits per heavy atom. The molecule has 0 atom stereocenters. The number of piperidine rings is 1. The number of nitrogens with zero attached hydrogens (tertiary/aromatic N) is 1. The van der Waals surface area contributed by atoms with Crippen LogP contribution in [0.3, 0.4) is 0 Å². The Labute approximate surface area is 146 Å². The first-order chi connectivity index (χ1) is 10.5. The predicted octanol–water partition coefficient (Wildman–Crippen LogP) is 2.86. The maximum Gasteiger partial charge on any atom is 0.269 e. The molecule has 0 saturated carbocycles. The van der Waals surface area contributed by atoms with Crippen LogP contribution >= 0.6 is 24.0 Å². The highest BCUT2D eigenvalue weighted by Crippen LogP contribution is 2.31. The van der Waals surface area contributed by atoms with Gasteiger partial charge in [-0.1, -0.05) is 18.0 Å². The fourth-order valence-electron chi connectivity index (χ4n) is 2.39. The van der Waals surface area contributed by atoms with E-state index in [9.17, 15) is 9.59 Å². The molecule has 0 aliphatic carbocycles. The first-order valence-electron chi connectivity index (χ1n) is 7.22. The fourth-order valence-corrected chi connectivity index (χ4v) is 2.61. The lowest BCUT2D eigenvalue weighted by atomic mass is 10.1. The summed E-state index contributed by atoms with van der Waals surface area (Å²) in [4.78, 5) is 23.5. The Morgan fingerprint density at radius 1 is 1.22 bits per heavy atom. The van der Waals surface area contributed by atoms with Gasteiger partial charge in [-0.2, -0.15) is 0 Å². The SMILES string of the molecule is COc1cc(NC(C)=O)c(Cl)cc1C(=O)NN1CCCCC1.Cl. The number of ether oxygens (including phenoxy) is 1. The summed E-state index contributed by atoms with van der Waals surface area (Å²) in [5, 5.41) is 4.80. The predicted molar refractivity (Wildman–Crippen MR) is 92.4 cm³/mol. The molecule has 1 fully saturated rings. The van der Waals surface area contributed by atoms with Crippen LogP contribution in [0, 0.1) is 0 Å². The van der Waals surface area contributed by atoms with Crippen molar-refractivity contribution in [3.05, 3.63) is 22.7 Å². The lowest BCUT2D eigenvalue weighted by Crippen LogP contribution is -2.45. The van der Waals surface area contributed by atoms with Crippen molar-refractivity contribution in [1.82, 2.24) is 10.4 Å². The minimum Gasteiger partial charge on any atom is -0.496 e. The van der Waals surface area contributed by atoms with E-state index in [2.05, 4.69) is 10.7 Å². The van der Waals surface area contributed by atoms with Gasteiger partial charge >= 0.3 is 0 Å².